The molecule has 8 nitrogen and oxygen atoms in total. The molecule has 3 rings (SSSR count). The lowest BCUT2D eigenvalue weighted by atomic mass is 10.2. The minimum absolute atomic E-state index is 0.176. The topological polar surface area (TPSA) is 101 Å². The van der Waals surface area contributed by atoms with E-state index >= 15 is 0 Å². The third kappa shape index (κ3) is 9.49. The molecular weight excluding hydrogens is 728 g/mol. The van der Waals surface area contributed by atoms with Gasteiger partial charge in [0.1, 0.15) is 11.5 Å². The molecule has 0 aliphatic rings. The first-order valence-electron chi connectivity index (χ1n) is 10.2. The quantitative estimate of drug-likeness (QED) is 0.203. The highest BCUT2D eigenvalue weighted by molar-refractivity contribution is 9.11. The van der Waals surface area contributed by atoms with E-state index in [1.54, 1.807) is 36.4 Å². The summed E-state index contributed by atoms with van der Waals surface area (Å²) < 4.78 is 14.2. The summed E-state index contributed by atoms with van der Waals surface area (Å²) in [5.74, 6) is 0.320. The molecule has 0 fully saturated rings. The molecule has 0 saturated carbocycles. The van der Waals surface area contributed by atoms with Crippen molar-refractivity contribution in [3.05, 3.63) is 89.7 Å². The van der Waals surface area contributed by atoms with Gasteiger partial charge in [-0.2, -0.15) is 10.2 Å². The number of nitrogens with zero attached hydrogens (tertiary/aromatic N) is 2. The third-order valence-corrected chi connectivity index (χ3v) is 6.47. The molecule has 186 valence electrons. The maximum absolute atomic E-state index is 11.9. The first-order chi connectivity index (χ1) is 17.3. The Hall–Kier alpha value is -2.54. The van der Waals surface area contributed by atoms with E-state index in [0.717, 1.165) is 29.0 Å². The van der Waals surface area contributed by atoms with Gasteiger partial charge in [0, 0.05) is 8.95 Å². The summed E-state index contributed by atoms with van der Waals surface area (Å²) in [6, 6.07) is 18.0. The van der Waals surface area contributed by atoms with Gasteiger partial charge in [0.15, 0.2) is 13.2 Å². The van der Waals surface area contributed by atoms with Crippen molar-refractivity contribution >= 4 is 88.0 Å². The van der Waals surface area contributed by atoms with Crippen molar-refractivity contribution in [2.45, 2.75) is 0 Å². The Bertz CT molecular complexity index is 1190. The number of carbonyl (C=O) groups is 2. The summed E-state index contributed by atoms with van der Waals surface area (Å²) in [6.07, 6.45) is 3.02. The van der Waals surface area contributed by atoms with Crippen LogP contribution in [0, 0.1) is 0 Å². The van der Waals surface area contributed by atoms with Crippen LogP contribution in [0.15, 0.2) is 88.8 Å². The number of rotatable bonds is 10. The van der Waals surface area contributed by atoms with Crippen LogP contribution in [0.1, 0.15) is 11.1 Å². The average molecular weight is 746 g/mol. The van der Waals surface area contributed by atoms with Gasteiger partial charge in [-0.3, -0.25) is 9.59 Å². The Labute approximate surface area is 241 Å². The SMILES string of the molecule is O=C(COc1ccc(Br)cc1Br)NN=Cc1ccc(C=NNC(=O)COc2ccc(Br)cc2Br)cc1. The monoisotopic (exact) mass is 742 g/mol. The summed E-state index contributed by atoms with van der Waals surface area (Å²) in [6.45, 7) is -0.353. The number of halogens is 4. The molecule has 3 aromatic rings. The van der Waals surface area contributed by atoms with E-state index in [2.05, 4.69) is 84.8 Å². The van der Waals surface area contributed by atoms with E-state index in [4.69, 9.17) is 9.47 Å². The molecule has 36 heavy (non-hydrogen) atoms. The van der Waals surface area contributed by atoms with Crippen molar-refractivity contribution < 1.29 is 19.1 Å². The zero-order valence-corrected chi connectivity index (χ0v) is 24.7. The molecule has 0 bridgehead atoms. The van der Waals surface area contributed by atoms with Crippen LogP contribution in [0.25, 0.3) is 0 Å². The first-order valence-corrected chi connectivity index (χ1v) is 13.4. The van der Waals surface area contributed by atoms with E-state index in [9.17, 15) is 9.59 Å². The van der Waals surface area contributed by atoms with Crippen LogP contribution in [0.4, 0.5) is 0 Å². The zero-order chi connectivity index (χ0) is 25.9. The van der Waals surface area contributed by atoms with E-state index in [0.29, 0.717) is 11.5 Å². The fraction of sp³-hybridized carbons (Fsp3) is 0.0833. The van der Waals surface area contributed by atoms with Crippen molar-refractivity contribution in [1.29, 1.82) is 0 Å². The van der Waals surface area contributed by atoms with Crippen LogP contribution >= 0.6 is 63.7 Å². The molecular formula is C24H18Br4N4O4. The number of hydrazone groups is 2. The van der Waals surface area contributed by atoms with E-state index in [1.807, 2.05) is 24.3 Å². The highest BCUT2D eigenvalue weighted by Gasteiger charge is 2.06. The molecule has 0 unspecified atom stereocenters. The third-order valence-electron chi connectivity index (χ3n) is 4.25. The van der Waals surface area contributed by atoms with Crippen LogP contribution in [-0.2, 0) is 9.59 Å². The normalized spacial score (nSPS) is 11.0. The molecule has 0 heterocycles. The standard InChI is InChI=1S/C24H18Br4N4O4/c25-17-5-7-21(19(27)9-17)35-13-23(33)31-29-11-15-1-2-16(4-3-15)12-30-32-24(34)14-36-22-8-6-18(26)10-20(22)28/h1-12H,13-14H2,(H,31,33)(H,32,34). The average Bonchev–Trinajstić information content (AvgIpc) is 2.84. The largest absolute Gasteiger partial charge is 0.483 e. The predicted octanol–water partition coefficient (Wildman–Crippen LogP) is 5.79. The van der Waals surface area contributed by atoms with Gasteiger partial charge < -0.3 is 9.47 Å². The molecule has 0 saturated heterocycles. The summed E-state index contributed by atoms with van der Waals surface area (Å²) in [5, 5.41) is 7.86. The maximum atomic E-state index is 11.9. The summed E-state index contributed by atoms with van der Waals surface area (Å²) in [5.41, 5.74) is 6.36. The lowest BCUT2D eigenvalue weighted by Crippen LogP contribution is -2.24. The smallest absolute Gasteiger partial charge is 0.277 e. The van der Waals surface area contributed by atoms with E-state index < -0.39 is 11.8 Å². The number of benzene rings is 3. The minimum Gasteiger partial charge on any atom is -0.483 e. The Morgan fingerprint density at radius 3 is 1.42 bits per heavy atom. The summed E-state index contributed by atoms with van der Waals surface area (Å²) in [7, 11) is 0. The van der Waals surface area contributed by atoms with Gasteiger partial charge in [-0.25, -0.2) is 10.9 Å². The van der Waals surface area contributed by atoms with Crippen LogP contribution in [0.5, 0.6) is 11.5 Å². The highest BCUT2D eigenvalue weighted by Crippen LogP contribution is 2.28. The minimum atomic E-state index is -0.392. The van der Waals surface area contributed by atoms with Crippen molar-refractivity contribution in [3.8, 4) is 11.5 Å². The zero-order valence-electron chi connectivity index (χ0n) is 18.4. The van der Waals surface area contributed by atoms with Crippen molar-refractivity contribution in [1.82, 2.24) is 10.9 Å². The molecule has 0 aliphatic heterocycles. The lowest BCUT2D eigenvalue weighted by Gasteiger charge is -2.07. The second kappa shape index (κ2) is 14.3. The molecule has 3 aromatic carbocycles. The molecule has 2 amide bonds. The highest BCUT2D eigenvalue weighted by atomic mass is 79.9. The van der Waals surface area contributed by atoms with Gasteiger partial charge in [0.25, 0.3) is 11.8 Å². The van der Waals surface area contributed by atoms with Crippen LogP contribution in [-0.4, -0.2) is 37.5 Å². The molecule has 12 heteroatoms. The number of nitrogens with one attached hydrogen (secondary N) is 2. The maximum Gasteiger partial charge on any atom is 0.277 e. The fourth-order valence-corrected chi connectivity index (χ4v) is 4.88. The second-order valence-corrected chi connectivity index (χ2v) is 10.5. The van der Waals surface area contributed by atoms with E-state index in [-0.39, 0.29) is 13.2 Å². The van der Waals surface area contributed by atoms with Crippen LogP contribution in [0.3, 0.4) is 0 Å². The Morgan fingerprint density at radius 1 is 0.667 bits per heavy atom. The number of amides is 2. The first kappa shape index (κ1) is 28.0. The van der Waals surface area contributed by atoms with Crippen LogP contribution in [0.2, 0.25) is 0 Å². The van der Waals surface area contributed by atoms with Gasteiger partial charge in [-0.1, -0.05) is 56.1 Å². The number of hydrogen-bond acceptors (Lipinski definition) is 6. The van der Waals surface area contributed by atoms with Gasteiger partial charge in [0.05, 0.1) is 21.4 Å². The molecule has 0 aromatic heterocycles. The lowest BCUT2D eigenvalue weighted by molar-refractivity contribution is -0.123. The van der Waals surface area contributed by atoms with Crippen molar-refractivity contribution in [3.63, 3.8) is 0 Å². The number of ether oxygens (including phenoxy) is 2. The van der Waals surface area contributed by atoms with Crippen LogP contribution < -0.4 is 20.3 Å². The Morgan fingerprint density at radius 2 is 1.06 bits per heavy atom. The molecule has 0 spiro atoms. The van der Waals surface area contributed by atoms with Gasteiger partial charge in [-0.05, 0) is 79.4 Å². The van der Waals surface area contributed by atoms with Crippen molar-refractivity contribution in [2.24, 2.45) is 10.2 Å². The Balaban J connectivity index is 1.39. The summed E-state index contributed by atoms with van der Waals surface area (Å²) in [4.78, 5) is 23.9. The van der Waals surface area contributed by atoms with Crippen molar-refractivity contribution in [2.75, 3.05) is 13.2 Å². The molecule has 0 atom stereocenters. The van der Waals surface area contributed by atoms with Gasteiger partial charge >= 0.3 is 0 Å². The Kier molecular flexibility index (Phi) is 11.1. The summed E-state index contributed by atoms with van der Waals surface area (Å²) >= 11 is 13.5. The van der Waals surface area contributed by atoms with E-state index in [1.165, 1.54) is 12.4 Å². The van der Waals surface area contributed by atoms with Gasteiger partial charge in [-0.15, -0.1) is 0 Å². The molecule has 0 radical (unpaired) electrons. The number of hydrogen-bond donors (Lipinski definition) is 2. The van der Waals surface area contributed by atoms with Gasteiger partial charge in [0.2, 0.25) is 0 Å². The number of carbonyl (C=O) groups excluding carboxylic acids is 2. The molecule has 0 aliphatic carbocycles. The predicted molar refractivity (Wildman–Crippen MR) is 153 cm³/mol. The second-order valence-electron chi connectivity index (χ2n) is 6.98. The fourth-order valence-electron chi connectivity index (χ4n) is 2.56. The molecule has 2 N–H and O–H groups in total.